The van der Waals surface area contributed by atoms with Crippen LogP contribution >= 0.6 is 0 Å². The molecule has 4 heterocycles. The zero-order valence-electron chi connectivity index (χ0n) is 54.2. The van der Waals surface area contributed by atoms with Crippen LogP contribution in [0.1, 0.15) is 210 Å². The smallest absolute Gasteiger partial charge is 0.340 e. The number of rotatable bonds is 8. The van der Waals surface area contributed by atoms with E-state index in [1.54, 1.807) is 6.92 Å². The molecule has 1 aromatic heterocycles. The van der Waals surface area contributed by atoms with E-state index in [9.17, 15) is 15.3 Å². The summed E-state index contributed by atoms with van der Waals surface area (Å²) in [4.78, 5) is 47.7. The molecule has 11 nitrogen and oxygen atoms in total. The molecular weight excluding hydrogens is 1180 g/mol. The second-order valence-electron chi connectivity index (χ2n) is 30.2. The van der Waals surface area contributed by atoms with Crippen molar-refractivity contribution in [1.29, 1.82) is 0 Å². The van der Waals surface area contributed by atoms with E-state index in [-0.39, 0.29) is 114 Å². The summed E-state index contributed by atoms with van der Waals surface area (Å²) in [5.41, 5.74) is 13.2. The van der Waals surface area contributed by atoms with Crippen LogP contribution in [0.25, 0.3) is 23.1 Å². The number of aliphatic hydroxyl groups is 3. The molecule has 0 unspecified atom stereocenters. The minimum Gasteiger partial charge on any atom is -0.481 e. The molecule has 19 rings (SSSR count). The first-order valence-corrected chi connectivity index (χ1v) is 35.4. The summed E-state index contributed by atoms with van der Waals surface area (Å²) < 4.78 is 35.1. The van der Waals surface area contributed by atoms with Crippen LogP contribution in [0.2, 0.25) is 0 Å². The summed E-state index contributed by atoms with van der Waals surface area (Å²) >= 11 is 0. The third-order valence-electron chi connectivity index (χ3n) is 26.2. The standard InChI is InChI=1S/C84H82O11/c1-46(43-86)64-39-51-32-36-82-35-31-49-12-9-34-83(70-41-65-56-15-5-3-10-47(56)20-25-60(65)66(70)42-82)79(94-80(64)89)78(75-71(95-83)30-29-63-67(44-87)74(81(90)93-77(63)75)52(33-37-85)45-91-2)92-72(88)40-53-38-50(21-24-58(53)62-28-27-59(51)76(82)73(49)62)57-16-8-18-69-61(57)26-23-55-14-7-13-54-22-19-48-11-4-6-17-68(48)84(54,55)69/h3-6,8,10-11,15-22,24-25,27-31,35,49-55,58,60,65-66,70,78-79,85-87H,7,13-14,23,26,32-34,36-45H2,1-2H3/t49-,50-,51-,52-,53-,54+,55-,58-,60+,65+,66+,70-,78-,79+,82+,83+,84+/m1/s1. The quantitative estimate of drug-likeness (QED) is 0.0437. The largest absolute Gasteiger partial charge is 0.481 e. The first-order chi connectivity index (χ1) is 46.5. The number of carbonyl (C=O) groups is 2. The van der Waals surface area contributed by atoms with Crippen molar-refractivity contribution in [2.24, 2.45) is 35.5 Å². The number of aliphatic hydroxyl groups excluding tert-OH is 3. The van der Waals surface area contributed by atoms with Crippen molar-refractivity contribution in [2.45, 2.75) is 168 Å². The molecule has 3 spiro atoms. The third-order valence-corrected chi connectivity index (χ3v) is 26.2. The number of methoxy groups -OCH3 is 1. The van der Waals surface area contributed by atoms with Crippen LogP contribution in [0.5, 0.6) is 5.75 Å². The van der Waals surface area contributed by atoms with Gasteiger partial charge in [0.05, 0.1) is 37.7 Å². The van der Waals surface area contributed by atoms with Gasteiger partial charge in [-0.2, -0.15) is 0 Å². The normalized spacial score (nSPS) is 34.3. The molecule has 5 aromatic carbocycles. The molecule has 11 heteroatoms. The molecule has 2 saturated carbocycles. The number of benzene rings is 5. The van der Waals surface area contributed by atoms with E-state index in [2.05, 4.69) is 139 Å². The molecule has 0 radical (unpaired) electrons. The predicted molar refractivity (Wildman–Crippen MR) is 363 cm³/mol. The number of allylic oxidation sites excluding steroid dienone is 6. The first-order valence-electron chi connectivity index (χ1n) is 35.4. The van der Waals surface area contributed by atoms with Crippen LogP contribution in [0.3, 0.4) is 0 Å². The van der Waals surface area contributed by atoms with Crippen molar-refractivity contribution in [3.8, 4) is 17.6 Å². The van der Waals surface area contributed by atoms with Gasteiger partial charge in [-0.1, -0.05) is 146 Å². The molecular formula is C84H82O11. The van der Waals surface area contributed by atoms with Crippen LogP contribution in [-0.4, -0.2) is 65.9 Å². The minimum atomic E-state index is -1.49. The van der Waals surface area contributed by atoms with Crippen LogP contribution < -0.4 is 10.4 Å². The fraction of sp³-hybridized carbons (Fsp3) is 0.440. The Hall–Kier alpha value is -7.85. The van der Waals surface area contributed by atoms with E-state index in [4.69, 9.17) is 23.4 Å². The average molecular weight is 1270 g/mol. The van der Waals surface area contributed by atoms with Crippen LogP contribution in [0, 0.1) is 47.3 Å². The van der Waals surface area contributed by atoms with Gasteiger partial charge in [0.25, 0.3) is 0 Å². The lowest BCUT2D eigenvalue weighted by molar-refractivity contribution is -0.205. The monoisotopic (exact) mass is 1270 g/mol. The molecule has 1 saturated heterocycles. The van der Waals surface area contributed by atoms with Gasteiger partial charge in [-0.15, -0.1) is 0 Å². The second-order valence-corrected chi connectivity index (χ2v) is 30.2. The molecule has 6 aromatic rings. The Morgan fingerprint density at radius 2 is 1.62 bits per heavy atom. The van der Waals surface area contributed by atoms with Crippen molar-refractivity contribution < 1.29 is 48.3 Å². The van der Waals surface area contributed by atoms with Gasteiger partial charge in [0, 0.05) is 71.2 Å². The molecule has 484 valence electrons. The highest BCUT2D eigenvalue weighted by atomic mass is 16.6. The summed E-state index contributed by atoms with van der Waals surface area (Å²) in [6, 6.07) is 33.3. The molecule has 6 bridgehead atoms. The van der Waals surface area contributed by atoms with Gasteiger partial charge in [-0.05, 0) is 203 Å². The van der Waals surface area contributed by atoms with Crippen molar-refractivity contribution >= 4 is 35.1 Å². The summed E-state index contributed by atoms with van der Waals surface area (Å²) in [6.45, 7) is 0.710. The zero-order chi connectivity index (χ0) is 64.2. The lowest BCUT2D eigenvalue weighted by atomic mass is 9.48. The van der Waals surface area contributed by atoms with E-state index in [1.165, 1.54) is 81.1 Å². The third kappa shape index (κ3) is 8.68. The molecule has 17 atom stereocenters. The van der Waals surface area contributed by atoms with Gasteiger partial charge in [0.1, 0.15) is 11.3 Å². The van der Waals surface area contributed by atoms with Gasteiger partial charge < -0.3 is 38.7 Å². The SMILES string of the molecule is COC[C@@H](CCO)c1c(CO)c2ccc3c(c2oc1=O)[C@H]1OC(=O)C[C@H]2C[C@H](c4cccc5c4CC[C@H]4CCC[C@H]6C=Cc7ccccc7[C@@]546)C=C[C@H]2c2ccc4c5c2[C@@H]2C#CC[C@]6(O3)[C@@H]3C[C@H]7c8ccccc8C=C[C@@H]7[C@@H]3C[C@]5(C=C2)CC[C@@H]4CC(=C(C)CO)C(=O)O[C@@H]16. The number of hydrogen-bond donors (Lipinski definition) is 3. The number of ether oxygens (including phenoxy) is 4. The van der Waals surface area contributed by atoms with E-state index < -0.39 is 53.3 Å². The van der Waals surface area contributed by atoms with E-state index in [0.29, 0.717) is 58.9 Å². The average Bonchev–Trinajstić information content (AvgIpc) is 1.69. The van der Waals surface area contributed by atoms with E-state index >= 15 is 14.4 Å². The molecule has 0 amide bonds. The Morgan fingerprint density at radius 1 is 0.789 bits per heavy atom. The van der Waals surface area contributed by atoms with Crippen LogP contribution in [0.4, 0.5) is 0 Å². The van der Waals surface area contributed by atoms with Gasteiger partial charge in [-0.25, -0.2) is 9.59 Å². The fourth-order valence-corrected chi connectivity index (χ4v) is 22.3. The van der Waals surface area contributed by atoms with Crippen molar-refractivity contribution in [2.75, 3.05) is 26.9 Å². The Kier molecular flexibility index (Phi) is 14.2. The Balaban J connectivity index is 0.891. The van der Waals surface area contributed by atoms with Gasteiger partial charge in [-0.3, -0.25) is 4.79 Å². The summed E-state index contributed by atoms with van der Waals surface area (Å²) in [5, 5.41) is 33.5. The summed E-state index contributed by atoms with van der Waals surface area (Å²) in [7, 11) is 1.53. The van der Waals surface area contributed by atoms with Crippen molar-refractivity contribution in [3.63, 3.8) is 0 Å². The number of fused-ring (bicyclic) bond motifs is 14. The topological polar surface area (TPSA) is 162 Å². The molecule has 3 aliphatic heterocycles. The van der Waals surface area contributed by atoms with Crippen molar-refractivity contribution in [3.05, 3.63) is 227 Å². The predicted octanol–water partition coefficient (Wildman–Crippen LogP) is 14.6. The highest BCUT2D eigenvalue weighted by Gasteiger charge is 2.66. The maximum Gasteiger partial charge on any atom is 0.340 e. The highest BCUT2D eigenvalue weighted by molar-refractivity contribution is 5.91. The number of esters is 2. The van der Waals surface area contributed by atoms with Crippen molar-refractivity contribution in [1.82, 2.24) is 0 Å². The Morgan fingerprint density at radius 3 is 2.48 bits per heavy atom. The fourth-order valence-electron chi connectivity index (χ4n) is 22.3. The lowest BCUT2D eigenvalue weighted by Crippen LogP contribution is -2.61. The van der Waals surface area contributed by atoms with E-state index in [0.717, 1.165) is 38.5 Å². The number of carbonyl (C=O) groups excluding carboxylic acids is 2. The molecule has 13 aliphatic rings. The molecule has 3 fully saturated rings. The zero-order valence-corrected chi connectivity index (χ0v) is 54.2. The number of hydrogen-bond acceptors (Lipinski definition) is 11. The maximum atomic E-state index is 16.5. The summed E-state index contributed by atoms with van der Waals surface area (Å²) in [6.07, 6.45) is 26.6. The van der Waals surface area contributed by atoms with Gasteiger partial charge in [0.2, 0.25) is 0 Å². The first kappa shape index (κ1) is 59.6. The lowest BCUT2D eigenvalue weighted by Gasteiger charge is -2.55. The highest BCUT2D eigenvalue weighted by Crippen LogP contribution is 2.67. The van der Waals surface area contributed by atoms with Crippen LogP contribution in [-0.2, 0) is 47.7 Å². The molecule has 3 N–H and O–H groups in total. The second kappa shape index (κ2) is 22.6. The minimum absolute atomic E-state index is 0.0107. The Bertz CT molecular complexity index is 4520. The van der Waals surface area contributed by atoms with Crippen LogP contribution in [0.15, 0.2) is 148 Å². The molecule has 10 aliphatic carbocycles. The Labute approximate surface area is 555 Å². The van der Waals surface area contributed by atoms with Gasteiger partial charge in [0.15, 0.2) is 17.8 Å². The maximum absolute atomic E-state index is 16.5. The van der Waals surface area contributed by atoms with Gasteiger partial charge >= 0.3 is 17.6 Å². The van der Waals surface area contributed by atoms with E-state index in [1.807, 2.05) is 12.1 Å². The molecule has 95 heavy (non-hydrogen) atoms. The summed E-state index contributed by atoms with van der Waals surface area (Å²) in [5.74, 6) is 5.96.